The lowest BCUT2D eigenvalue weighted by Crippen LogP contribution is -2.19. The van der Waals surface area contributed by atoms with E-state index in [4.69, 9.17) is 0 Å². The predicted octanol–water partition coefficient (Wildman–Crippen LogP) is 3.09. The van der Waals surface area contributed by atoms with Gasteiger partial charge in [0, 0.05) is 18.3 Å². The number of pyridine rings is 1. The van der Waals surface area contributed by atoms with E-state index in [2.05, 4.69) is 10.3 Å². The van der Waals surface area contributed by atoms with Gasteiger partial charge in [-0.05, 0) is 43.7 Å². The molecule has 3 nitrogen and oxygen atoms in total. The Hall–Kier alpha value is -1.94. The van der Waals surface area contributed by atoms with Crippen molar-refractivity contribution in [2.45, 2.75) is 26.4 Å². The Morgan fingerprint density at radius 2 is 2.11 bits per heavy atom. The second kappa shape index (κ2) is 5.80. The Morgan fingerprint density at radius 1 is 1.32 bits per heavy atom. The lowest BCUT2D eigenvalue weighted by Gasteiger charge is -2.14. The van der Waals surface area contributed by atoms with Crippen molar-refractivity contribution in [1.29, 1.82) is 0 Å². The number of rotatable bonds is 4. The van der Waals surface area contributed by atoms with Gasteiger partial charge in [-0.25, -0.2) is 4.39 Å². The molecule has 0 fully saturated rings. The highest BCUT2D eigenvalue weighted by Gasteiger charge is 2.08. The van der Waals surface area contributed by atoms with Crippen LogP contribution in [0, 0.1) is 12.7 Å². The first-order valence-electron chi connectivity index (χ1n) is 6.20. The van der Waals surface area contributed by atoms with Crippen LogP contribution in [0.1, 0.15) is 29.9 Å². The summed E-state index contributed by atoms with van der Waals surface area (Å²) in [5, 5.41) is 12.9. The molecule has 0 bridgehead atoms. The zero-order valence-corrected chi connectivity index (χ0v) is 11.0. The van der Waals surface area contributed by atoms with Gasteiger partial charge in [-0.1, -0.05) is 12.1 Å². The van der Waals surface area contributed by atoms with Crippen molar-refractivity contribution in [3.63, 3.8) is 0 Å². The van der Waals surface area contributed by atoms with Crippen LogP contribution in [-0.2, 0) is 6.54 Å². The maximum atomic E-state index is 13.1. The molecular formula is C15H17FN2O. The minimum atomic E-state index is -0.248. The van der Waals surface area contributed by atoms with Crippen LogP contribution in [-0.4, -0.2) is 10.1 Å². The highest BCUT2D eigenvalue weighted by atomic mass is 19.1. The number of aromatic nitrogens is 1. The normalized spacial score (nSPS) is 12.4. The largest absolute Gasteiger partial charge is 0.506 e. The van der Waals surface area contributed by atoms with Gasteiger partial charge >= 0.3 is 0 Å². The number of hydrogen-bond donors (Lipinski definition) is 2. The first-order valence-corrected chi connectivity index (χ1v) is 6.20. The summed E-state index contributed by atoms with van der Waals surface area (Å²) in [6, 6.07) is 9.85. The van der Waals surface area contributed by atoms with Gasteiger partial charge in [0.25, 0.3) is 0 Å². The molecule has 4 heteroatoms. The molecule has 0 saturated heterocycles. The molecule has 1 atom stereocenters. The maximum Gasteiger partial charge on any atom is 0.138 e. The molecule has 0 amide bonds. The van der Waals surface area contributed by atoms with Crippen LogP contribution in [0.3, 0.4) is 0 Å². The van der Waals surface area contributed by atoms with Gasteiger partial charge in [0.1, 0.15) is 11.6 Å². The van der Waals surface area contributed by atoms with Crippen LogP contribution < -0.4 is 5.32 Å². The van der Waals surface area contributed by atoms with Crippen molar-refractivity contribution in [2.75, 3.05) is 0 Å². The monoisotopic (exact) mass is 260 g/mol. The van der Waals surface area contributed by atoms with E-state index in [-0.39, 0.29) is 17.6 Å². The van der Waals surface area contributed by atoms with Gasteiger partial charge in [-0.15, -0.1) is 0 Å². The van der Waals surface area contributed by atoms with Gasteiger partial charge < -0.3 is 10.4 Å². The van der Waals surface area contributed by atoms with E-state index < -0.39 is 0 Å². The van der Waals surface area contributed by atoms with Crippen LogP contribution in [0.5, 0.6) is 5.75 Å². The van der Waals surface area contributed by atoms with E-state index in [1.165, 1.54) is 12.1 Å². The first kappa shape index (κ1) is 13.5. The average Bonchev–Trinajstić information content (AvgIpc) is 2.39. The number of aromatic hydroxyl groups is 1. The third kappa shape index (κ3) is 3.51. The SMILES string of the molecule is Cc1ccc(O)c(CN[C@H](C)c2cccc(F)c2)n1. The number of aryl methyl sites for hydroxylation is 1. The number of benzene rings is 1. The Labute approximate surface area is 112 Å². The third-order valence-corrected chi connectivity index (χ3v) is 3.01. The Kier molecular flexibility index (Phi) is 4.12. The second-order valence-corrected chi connectivity index (χ2v) is 4.58. The predicted molar refractivity (Wildman–Crippen MR) is 72.3 cm³/mol. The van der Waals surface area contributed by atoms with E-state index in [1.807, 2.05) is 19.9 Å². The van der Waals surface area contributed by atoms with Crippen LogP contribution >= 0.6 is 0 Å². The van der Waals surface area contributed by atoms with E-state index in [0.717, 1.165) is 11.3 Å². The number of nitrogens with zero attached hydrogens (tertiary/aromatic N) is 1. The minimum Gasteiger partial charge on any atom is -0.506 e. The molecule has 2 aromatic rings. The topological polar surface area (TPSA) is 45.1 Å². The molecule has 2 N–H and O–H groups in total. The molecule has 2 rings (SSSR count). The lowest BCUT2D eigenvalue weighted by molar-refractivity contribution is 0.454. The van der Waals surface area contributed by atoms with Crippen LogP contribution in [0.25, 0.3) is 0 Å². The minimum absolute atomic E-state index is 0.0163. The number of hydrogen-bond acceptors (Lipinski definition) is 3. The average molecular weight is 260 g/mol. The van der Waals surface area contributed by atoms with Gasteiger partial charge in [0.05, 0.1) is 5.69 Å². The quantitative estimate of drug-likeness (QED) is 0.888. The fraction of sp³-hybridized carbons (Fsp3) is 0.267. The molecule has 0 aliphatic rings. The van der Waals surface area contributed by atoms with Crippen molar-refractivity contribution < 1.29 is 9.50 Å². The summed E-state index contributed by atoms with van der Waals surface area (Å²) in [6.45, 7) is 4.26. The highest BCUT2D eigenvalue weighted by molar-refractivity contribution is 5.28. The van der Waals surface area contributed by atoms with E-state index in [1.54, 1.807) is 18.2 Å². The summed E-state index contributed by atoms with van der Waals surface area (Å²) in [5.41, 5.74) is 2.32. The van der Waals surface area contributed by atoms with E-state index >= 15 is 0 Å². The molecule has 100 valence electrons. The second-order valence-electron chi connectivity index (χ2n) is 4.58. The van der Waals surface area contributed by atoms with Crippen molar-refractivity contribution in [3.8, 4) is 5.75 Å². The van der Waals surface area contributed by atoms with Gasteiger partial charge in [-0.3, -0.25) is 4.98 Å². The van der Waals surface area contributed by atoms with Crippen LogP contribution in [0.15, 0.2) is 36.4 Å². The van der Waals surface area contributed by atoms with E-state index in [0.29, 0.717) is 12.2 Å². The molecule has 0 spiro atoms. The molecule has 0 saturated carbocycles. The summed E-state index contributed by atoms with van der Waals surface area (Å²) in [7, 11) is 0. The standard InChI is InChI=1S/C15H17FN2O/c1-10-6-7-15(19)14(18-10)9-17-11(2)12-4-3-5-13(16)8-12/h3-8,11,17,19H,9H2,1-2H3/t11-/m1/s1. The fourth-order valence-corrected chi connectivity index (χ4v) is 1.88. The van der Waals surface area contributed by atoms with Crippen molar-refractivity contribution in [1.82, 2.24) is 10.3 Å². The van der Waals surface area contributed by atoms with Crippen molar-refractivity contribution >= 4 is 0 Å². The molecule has 1 aromatic carbocycles. The molecule has 0 radical (unpaired) electrons. The zero-order valence-electron chi connectivity index (χ0n) is 11.0. The summed E-state index contributed by atoms with van der Waals surface area (Å²) in [4.78, 5) is 4.27. The molecular weight excluding hydrogens is 243 g/mol. The molecule has 0 aliphatic heterocycles. The third-order valence-electron chi connectivity index (χ3n) is 3.01. The van der Waals surface area contributed by atoms with Gasteiger partial charge in [0.15, 0.2) is 0 Å². The number of halogens is 1. The summed E-state index contributed by atoms with van der Waals surface area (Å²) >= 11 is 0. The Morgan fingerprint density at radius 3 is 2.84 bits per heavy atom. The Bertz CT molecular complexity index is 572. The van der Waals surface area contributed by atoms with Crippen molar-refractivity contribution in [3.05, 3.63) is 59.2 Å². The summed E-state index contributed by atoms with van der Waals surface area (Å²) in [6.07, 6.45) is 0. The first-order chi connectivity index (χ1) is 9.06. The van der Waals surface area contributed by atoms with E-state index in [9.17, 15) is 9.50 Å². The smallest absolute Gasteiger partial charge is 0.138 e. The zero-order chi connectivity index (χ0) is 13.8. The fourth-order valence-electron chi connectivity index (χ4n) is 1.88. The number of nitrogens with one attached hydrogen (secondary N) is 1. The van der Waals surface area contributed by atoms with Crippen molar-refractivity contribution in [2.24, 2.45) is 0 Å². The lowest BCUT2D eigenvalue weighted by atomic mass is 10.1. The summed E-state index contributed by atoms with van der Waals surface area (Å²) < 4.78 is 13.1. The highest BCUT2D eigenvalue weighted by Crippen LogP contribution is 2.17. The molecule has 0 aliphatic carbocycles. The molecule has 1 heterocycles. The Balaban J connectivity index is 2.04. The molecule has 19 heavy (non-hydrogen) atoms. The van der Waals surface area contributed by atoms with Crippen LogP contribution in [0.2, 0.25) is 0 Å². The van der Waals surface area contributed by atoms with Gasteiger partial charge in [-0.2, -0.15) is 0 Å². The van der Waals surface area contributed by atoms with Gasteiger partial charge in [0.2, 0.25) is 0 Å². The molecule has 0 unspecified atom stereocenters. The summed E-state index contributed by atoms with van der Waals surface area (Å²) in [5.74, 6) is -0.0766. The molecule has 1 aromatic heterocycles. The maximum absolute atomic E-state index is 13.1. The van der Waals surface area contributed by atoms with Crippen LogP contribution in [0.4, 0.5) is 4.39 Å².